The predicted molar refractivity (Wildman–Crippen MR) is 74.1 cm³/mol. The number of benzene rings is 1. The number of nitrogens with one attached hydrogen (secondary N) is 3. The molecular weight excluding hydrogens is 242 g/mol. The van der Waals surface area contributed by atoms with Gasteiger partial charge in [-0.15, -0.1) is 0 Å². The van der Waals surface area contributed by atoms with Gasteiger partial charge >= 0.3 is 0 Å². The summed E-state index contributed by atoms with van der Waals surface area (Å²) in [6.45, 7) is 0.631. The fourth-order valence-electron chi connectivity index (χ4n) is 2.20. The molecule has 0 bridgehead atoms. The van der Waals surface area contributed by atoms with Gasteiger partial charge in [0.2, 0.25) is 11.9 Å². The van der Waals surface area contributed by atoms with Gasteiger partial charge in [0.05, 0.1) is 11.6 Å². The van der Waals surface area contributed by atoms with E-state index in [9.17, 15) is 4.79 Å². The Hall–Kier alpha value is -2.37. The standard InChI is InChI=1S/C13H15N5O/c1-14-13-17-10-5-3-2-4-9(10)12(18-13)16-8-6-11(19)15-7-8/h2-5,8H,6-7H2,1H3,(H,15,19)(H2,14,16,17,18). The number of para-hydroxylation sites is 1. The molecule has 1 saturated heterocycles. The third-order valence-electron chi connectivity index (χ3n) is 3.15. The molecule has 0 radical (unpaired) electrons. The molecule has 1 aromatic heterocycles. The number of fused-ring (bicyclic) bond motifs is 1. The van der Waals surface area contributed by atoms with Gasteiger partial charge in [0.15, 0.2) is 0 Å². The van der Waals surface area contributed by atoms with Gasteiger partial charge in [-0.2, -0.15) is 4.98 Å². The highest BCUT2D eigenvalue weighted by Gasteiger charge is 2.22. The van der Waals surface area contributed by atoms with Gasteiger partial charge in [-0.3, -0.25) is 4.79 Å². The number of amides is 1. The van der Waals surface area contributed by atoms with E-state index in [1.165, 1.54) is 0 Å². The number of carbonyl (C=O) groups is 1. The van der Waals surface area contributed by atoms with Crippen LogP contribution in [0.4, 0.5) is 11.8 Å². The Kier molecular flexibility index (Phi) is 2.91. The molecule has 1 amide bonds. The summed E-state index contributed by atoms with van der Waals surface area (Å²) in [4.78, 5) is 20.1. The first-order valence-electron chi connectivity index (χ1n) is 6.24. The average molecular weight is 257 g/mol. The Morgan fingerprint density at radius 1 is 1.32 bits per heavy atom. The first-order valence-corrected chi connectivity index (χ1v) is 6.24. The molecule has 0 aliphatic carbocycles. The van der Waals surface area contributed by atoms with Crippen molar-refractivity contribution in [2.24, 2.45) is 0 Å². The fraction of sp³-hybridized carbons (Fsp3) is 0.308. The number of hydrogen-bond acceptors (Lipinski definition) is 5. The van der Waals surface area contributed by atoms with E-state index in [-0.39, 0.29) is 11.9 Å². The number of aromatic nitrogens is 2. The first kappa shape index (κ1) is 11.7. The quantitative estimate of drug-likeness (QED) is 0.763. The van der Waals surface area contributed by atoms with Gasteiger partial charge in [0.1, 0.15) is 5.82 Å². The molecule has 0 saturated carbocycles. The van der Waals surface area contributed by atoms with Crippen LogP contribution in [0.15, 0.2) is 24.3 Å². The third-order valence-corrected chi connectivity index (χ3v) is 3.15. The summed E-state index contributed by atoms with van der Waals surface area (Å²) in [6, 6.07) is 7.89. The minimum atomic E-state index is 0.0738. The van der Waals surface area contributed by atoms with E-state index >= 15 is 0 Å². The third kappa shape index (κ3) is 2.29. The van der Waals surface area contributed by atoms with E-state index < -0.39 is 0 Å². The van der Waals surface area contributed by atoms with Crippen LogP contribution >= 0.6 is 0 Å². The summed E-state index contributed by atoms with van der Waals surface area (Å²) < 4.78 is 0. The van der Waals surface area contributed by atoms with Gasteiger partial charge in [-0.1, -0.05) is 12.1 Å². The van der Waals surface area contributed by atoms with E-state index in [1.54, 1.807) is 7.05 Å². The van der Waals surface area contributed by atoms with Crippen molar-refractivity contribution in [3.05, 3.63) is 24.3 Å². The number of carbonyl (C=O) groups excluding carboxylic acids is 1. The second-order valence-corrected chi connectivity index (χ2v) is 4.51. The van der Waals surface area contributed by atoms with E-state index in [4.69, 9.17) is 0 Å². The van der Waals surface area contributed by atoms with Crippen molar-refractivity contribution >= 4 is 28.6 Å². The topological polar surface area (TPSA) is 78.9 Å². The average Bonchev–Trinajstić information content (AvgIpc) is 2.84. The highest BCUT2D eigenvalue weighted by atomic mass is 16.1. The Balaban J connectivity index is 1.98. The van der Waals surface area contributed by atoms with Crippen molar-refractivity contribution in [3.8, 4) is 0 Å². The molecular formula is C13H15N5O. The van der Waals surface area contributed by atoms with Crippen molar-refractivity contribution in [3.63, 3.8) is 0 Å². The number of hydrogen-bond donors (Lipinski definition) is 3. The molecule has 2 aromatic rings. The highest BCUT2D eigenvalue weighted by Crippen LogP contribution is 2.23. The van der Waals surface area contributed by atoms with Crippen LogP contribution in [0.3, 0.4) is 0 Å². The summed E-state index contributed by atoms with van der Waals surface area (Å²) in [6.07, 6.45) is 0.479. The minimum Gasteiger partial charge on any atom is -0.364 e. The molecule has 0 spiro atoms. The maximum atomic E-state index is 11.2. The molecule has 3 rings (SSSR count). The normalized spacial score (nSPS) is 18.4. The highest BCUT2D eigenvalue weighted by molar-refractivity contribution is 5.90. The lowest BCUT2D eigenvalue weighted by atomic mass is 10.2. The van der Waals surface area contributed by atoms with Gasteiger partial charge < -0.3 is 16.0 Å². The van der Waals surface area contributed by atoms with Crippen molar-refractivity contribution in [1.82, 2.24) is 15.3 Å². The maximum Gasteiger partial charge on any atom is 0.224 e. The number of anilines is 2. The maximum absolute atomic E-state index is 11.2. The molecule has 19 heavy (non-hydrogen) atoms. The van der Waals surface area contributed by atoms with Gasteiger partial charge in [0.25, 0.3) is 0 Å². The van der Waals surface area contributed by atoms with Crippen LogP contribution in [0.2, 0.25) is 0 Å². The van der Waals surface area contributed by atoms with Gasteiger partial charge in [-0.25, -0.2) is 4.98 Å². The molecule has 1 aliphatic heterocycles. The zero-order chi connectivity index (χ0) is 13.2. The monoisotopic (exact) mass is 257 g/mol. The van der Waals surface area contributed by atoms with Crippen LogP contribution in [-0.4, -0.2) is 35.5 Å². The molecule has 3 N–H and O–H groups in total. The first-order chi connectivity index (χ1) is 9.26. The van der Waals surface area contributed by atoms with Crippen LogP contribution in [0, 0.1) is 0 Å². The number of rotatable bonds is 3. The molecule has 6 nitrogen and oxygen atoms in total. The molecule has 1 aliphatic rings. The zero-order valence-corrected chi connectivity index (χ0v) is 10.6. The van der Waals surface area contributed by atoms with Crippen LogP contribution in [-0.2, 0) is 4.79 Å². The molecule has 1 atom stereocenters. The van der Waals surface area contributed by atoms with E-state index in [0.29, 0.717) is 18.9 Å². The molecule has 6 heteroatoms. The van der Waals surface area contributed by atoms with Crippen LogP contribution in [0.1, 0.15) is 6.42 Å². The van der Waals surface area contributed by atoms with Crippen molar-refractivity contribution in [2.45, 2.75) is 12.5 Å². The summed E-state index contributed by atoms with van der Waals surface area (Å²) in [5, 5.41) is 10.0. The Morgan fingerprint density at radius 2 is 2.16 bits per heavy atom. The zero-order valence-electron chi connectivity index (χ0n) is 10.6. The van der Waals surface area contributed by atoms with Gasteiger partial charge in [0, 0.05) is 25.4 Å². The van der Waals surface area contributed by atoms with E-state index in [0.717, 1.165) is 16.7 Å². The van der Waals surface area contributed by atoms with E-state index in [1.807, 2.05) is 24.3 Å². The van der Waals surface area contributed by atoms with Crippen LogP contribution < -0.4 is 16.0 Å². The molecule has 98 valence electrons. The van der Waals surface area contributed by atoms with Crippen molar-refractivity contribution in [2.75, 3.05) is 24.2 Å². The molecule has 1 unspecified atom stereocenters. The smallest absolute Gasteiger partial charge is 0.224 e. The minimum absolute atomic E-state index is 0.0738. The lowest BCUT2D eigenvalue weighted by molar-refractivity contribution is -0.119. The summed E-state index contributed by atoms with van der Waals surface area (Å²) in [5.41, 5.74) is 0.877. The van der Waals surface area contributed by atoms with Crippen molar-refractivity contribution < 1.29 is 4.79 Å². The summed E-state index contributed by atoms with van der Waals surface area (Å²) in [5.74, 6) is 1.40. The molecule has 1 aromatic carbocycles. The van der Waals surface area contributed by atoms with Crippen LogP contribution in [0.25, 0.3) is 10.9 Å². The predicted octanol–water partition coefficient (Wildman–Crippen LogP) is 0.972. The lowest BCUT2D eigenvalue weighted by Crippen LogP contribution is -2.23. The van der Waals surface area contributed by atoms with Gasteiger partial charge in [-0.05, 0) is 12.1 Å². The van der Waals surface area contributed by atoms with Crippen LogP contribution in [0.5, 0.6) is 0 Å². The largest absolute Gasteiger partial charge is 0.364 e. The molecule has 1 fully saturated rings. The van der Waals surface area contributed by atoms with E-state index in [2.05, 4.69) is 25.9 Å². The Morgan fingerprint density at radius 3 is 2.89 bits per heavy atom. The SMILES string of the molecule is CNc1nc(NC2CNC(=O)C2)c2ccccc2n1. The summed E-state index contributed by atoms with van der Waals surface area (Å²) in [7, 11) is 1.79. The fourth-order valence-corrected chi connectivity index (χ4v) is 2.20. The summed E-state index contributed by atoms with van der Waals surface area (Å²) >= 11 is 0. The van der Waals surface area contributed by atoms with Crippen molar-refractivity contribution in [1.29, 1.82) is 0 Å². The number of nitrogens with zero attached hydrogens (tertiary/aromatic N) is 2. The second-order valence-electron chi connectivity index (χ2n) is 4.51. The molecule has 2 heterocycles. The lowest BCUT2D eigenvalue weighted by Gasteiger charge is -2.14. The Labute approximate surface area is 110 Å². The second kappa shape index (κ2) is 4.72. The Bertz CT molecular complexity index is 627.